The van der Waals surface area contributed by atoms with E-state index in [4.69, 9.17) is 0 Å². The second-order valence-corrected chi connectivity index (χ2v) is 5.74. The van der Waals surface area contributed by atoms with Crippen LogP contribution in [0.2, 0.25) is 0 Å². The zero-order chi connectivity index (χ0) is 14.5. The van der Waals surface area contributed by atoms with E-state index in [1.54, 1.807) is 0 Å². The predicted molar refractivity (Wildman–Crippen MR) is 90.7 cm³/mol. The van der Waals surface area contributed by atoms with E-state index in [1.165, 1.54) is 16.7 Å². The van der Waals surface area contributed by atoms with Crippen LogP contribution in [0.5, 0.6) is 0 Å². The minimum atomic E-state index is 0.802. The predicted octanol–water partition coefficient (Wildman–Crippen LogP) is 4.89. The first-order valence-electron chi connectivity index (χ1n) is 6.78. The van der Waals surface area contributed by atoms with Gasteiger partial charge in [-0.15, -0.1) is 0 Å². The third-order valence-corrected chi connectivity index (χ3v) is 3.80. The Morgan fingerprint density at radius 1 is 1.05 bits per heavy atom. The first-order chi connectivity index (χ1) is 10.3. The van der Waals surface area contributed by atoms with E-state index >= 15 is 0 Å². The van der Waals surface area contributed by atoms with E-state index in [1.807, 2.05) is 24.8 Å². The fraction of sp³-hybridized carbons (Fsp3) is 0.0556. The molecule has 0 aliphatic rings. The number of halogens is 1. The summed E-state index contributed by atoms with van der Waals surface area (Å²) in [5, 5.41) is 0. The number of hydrogen-bond acceptors (Lipinski definition) is 1. The van der Waals surface area contributed by atoms with Crippen LogP contribution in [0.1, 0.15) is 11.1 Å². The molecule has 3 heteroatoms. The Bertz CT molecular complexity index is 714. The van der Waals surface area contributed by atoms with Crippen LogP contribution in [0.3, 0.4) is 0 Å². The Kier molecular flexibility index (Phi) is 4.31. The van der Waals surface area contributed by atoms with Crippen molar-refractivity contribution in [2.24, 2.45) is 0 Å². The zero-order valence-corrected chi connectivity index (χ0v) is 13.1. The second kappa shape index (κ2) is 6.55. The largest absolute Gasteiger partial charge is 0.333 e. The van der Waals surface area contributed by atoms with Crippen molar-refractivity contribution in [1.82, 2.24) is 9.55 Å². The zero-order valence-electron chi connectivity index (χ0n) is 11.5. The third kappa shape index (κ3) is 3.70. The lowest BCUT2D eigenvalue weighted by molar-refractivity contribution is 0.836. The van der Waals surface area contributed by atoms with Crippen molar-refractivity contribution in [2.45, 2.75) is 6.54 Å². The summed E-state index contributed by atoms with van der Waals surface area (Å²) in [7, 11) is 0. The van der Waals surface area contributed by atoms with Gasteiger partial charge < -0.3 is 4.57 Å². The van der Waals surface area contributed by atoms with Crippen LogP contribution in [0, 0.1) is 0 Å². The second-order valence-electron chi connectivity index (χ2n) is 4.82. The molecule has 2 aromatic carbocycles. The molecule has 3 rings (SSSR count). The Morgan fingerprint density at radius 2 is 1.81 bits per heavy atom. The van der Waals surface area contributed by atoms with Gasteiger partial charge in [0.15, 0.2) is 0 Å². The molecule has 1 aromatic heterocycles. The van der Waals surface area contributed by atoms with Gasteiger partial charge in [-0.2, -0.15) is 0 Å². The number of benzene rings is 2. The molecule has 0 bridgehead atoms. The van der Waals surface area contributed by atoms with Gasteiger partial charge in [0.1, 0.15) is 0 Å². The van der Waals surface area contributed by atoms with Gasteiger partial charge in [-0.25, -0.2) is 4.98 Å². The molecule has 0 radical (unpaired) electrons. The van der Waals surface area contributed by atoms with Gasteiger partial charge in [0.05, 0.1) is 6.33 Å². The maximum atomic E-state index is 4.12. The molecule has 3 aromatic rings. The van der Waals surface area contributed by atoms with E-state index in [0.29, 0.717) is 0 Å². The summed E-state index contributed by atoms with van der Waals surface area (Å²) in [5.41, 5.74) is 3.68. The monoisotopic (exact) mass is 338 g/mol. The summed E-state index contributed by atoms with van der Waals surface area (Å²) >= 11 is 3.49. The minimum Gasteiger partial charge on any atom is -0.333 e. The summed E-state index contributed by atoms with van der Waals surface area (Å²) < 4.78 is 3.17. The van der Waals surface area contributed by atoms with E-state index in [9.17, 15) is 0 Å². The quantitative estimate of drug-likeness (QED) is 0.619. The molecular formula is C18H15BrN2. The molecule has 0 unspecified atom stereocenters. The SMILES string of the molecule is Brc1ccc(C(=Cc2ccccc2)Cn2ccnc2)cc1. The standard InChI is InChI=1S/C18H15BrN2/c19-18-8-6-16(7-9-18)17(13-21-11-10-20-14-21)12-15-4-2-1-3-5-15/h1-12,14H,13H2. The van der Waals surface area contributed by atoms with Gasteiger partial charge in [-0.1, -0.05) is 58.4 Å². The van der Waals surface area contributed by atoms with Crippen molar-refractivity contribution in [2.75, 3.05) is 0 Å². The van der Waals surface area contributed by atoms with Crippen molar-refractivity contribution in [3.63, 3.8) is 0 Å². The summed E-state index contributed by atoms with van der Waals surface area (Å²) in [6.07, 6.45) is 7.86. The lowest BCUT2D eigenvalue weighted by Gasteiger charge is -2.10. The molecule has 104 valence electrons. The van der Waals surface area contributed by atoms with E-state index in [2.05, 4.69) is 80.1 Å². The van der Waals surface area contributed by atoms with Crippen LogP contribution in [0.25, 0.3) is 11.6 Å². The number of imidazole rings is 1. The van der Waals surface area contributed by atoms with Crippen LogP contribution >= 0.6 is 15.9 Å². The third-order valence-electron chi connectivity index (χ3n) is 3.27. The van der Waals surface area contributed by atoms with Crippen molar-refractivity contribution < 1.29 is 0 Å². The van der Waals surface area contributed by atoms with Gasteiger partial charge in [0, 0.05) is 23.4 Å². The van der Waals surface area contributed by atoms with Crippen LogP contribution in [-0.2, 0) is 6.54 Å². The molecule has 0 fully saturated rings. The minimum absolute atomic E-state index is 0.802. The lowest BCUT2D eigenvalue weighted by Crippen LogP contribution is -1.98. The van der Waals surface area contributed by atoms with Crippen LogP contribution < -0.4 is 0 Å². The maximum Gasteiger partial charge on any atom is 0.0949 e. The van der Waals surface area contributed by atoms with Crippen molar-refractivity contribution in [1.29, 1.82) is 0 Å². The molecule has 0 amide bonds. The Morgan fingerprint density at radius 3 is 2.48 bits per heavy atom. The van der Waals surface area contributed by atoms with Crippen LogP contribution in [0.15, 0.2) is 77.8 Å². The fourth-order valence-electron chi connectivity index (χ4n) is 2.21. The molecule has 0 N–H and O–H groups in total. The fourth-order valence-corrected chi connectivity index (χ4v) is 2.48. The number of rotatable bonds is 4. The Hall–Kier alpha value is -2.13. The normalized spacial score (nSPS) is 11.6. The van der Waals surface area contributed by atoms with Gasteiger partial charge >= 0.3 is 0 Å². The Balaban J connectivity index is 1.98. The van der Waals surface area contributed by atoms with Gasteiger partial charge in [-0.05, 0) is 34.9 Å². The Labute approximate surface area is 132 Å². The highest BCUT2D eigenvalue weighted by Gasteiger charge is 2.03. The summed E-state index contributed by atoms with van der Waals surface area (Å²) in [5.74, 6) is 0. The van der Waals surface area contributed by atoms with Crippen molar-refractivity contribution >= 4 is 27.6 Å². The van der Waals surface area contributed by atoms with Crippen molar-refractivity contribution in [3.05, 3.63) is 88.9 Å². The first-order valence-corrected chi connectivity index (χ1v) is 7.58. The average Bonchev–Trinajstić information content (AvgIpc) is 3.01. The topological polar surface area (TPSA) is 17.8 Å². The number of allylic oxidation sites excluding steroid dienone is 1. The summed E-state index contributed by atoms with van der Waals surface area (Å²) in [6, 6.07) is 18.8. The number of aromatic nitrogens is 2. The molecule has 0 aliphatic heterocycles. The van der Waals surface area contributed by atoms with E-state index in [0.717, 1.165) is 11.0 Å². The summed E-state index contributed by atoms with van der Waals surface area (Å²) in [4.78, 5) is 4.12. The van der Waals surface area contributed by atoms with Crippen LogP contribution in [-0.4, -0.2) is 9.55 Å². The molecule has 0 saturated carbocycles. The molecule has 0 atom stereocenters. The highest BCUT2D eigenvalue weighted by Crippen LogP contribution is 2.22. The molecule has 0 spiro atoms. The highest BCUT2D eigenvalue weighted by atomic mass is 79.9. The molecule has 1 heterocycles. The summed E-state index contributed by atoms with van der Waals surface area (Å²) in [6.45, 7) is 0.802. The molecule has 21 heavy (non-hydrogen) atoms. The lowest BCUT2D eigenvalue weighted by atomic mass is 10.0. The maximum absolute atomic E-state index is 4.12. The van der Waals surface area contributed by atoms with Crippen LogP contribution in [0.4, 0.5) is 0 Å². The molecular weight excluding hydrogens is 324 g/mol. The first kappa shape index (κ1) is 13.8. The highest BCUT2D eigenvalue weighted by molar-refractivity contribution is 9.10. The van der Waals surface area contributed by atoms with Gasteiger partial charge in [0.2, 0.25) is 0 Å². The van der Waals surface area contributed by atoms with Crippen molar-refractivity contribution in [3.8, 4) is 0 Å². The number of hydrogen-bond donors (Lipinski definition) is 0. The smallest absolute Gasteiger partial charge is 0.0949 e. The number of nitrogens with zero attached hydrogens (tertiary/aromatic N) is 2. The molecule has 0 saturated heterocycles. The van der Waals surface area contributed by atoms with Gasteiger partial charge in [0.25, 0.3) is 0 Å². The average molecular weight is 339 g/mol. The van der Waals surface area contributed by atoms with E-state index < -0.39 is 0 Å². The molecule has 2 nitrogen and oxygen atoms in total. The van der Waals surface area contributed by atoms with E-state index in [-0.39, 0.29) is 0 Å². The van der Waals surface area contributed by atoms with Gasteiger partial charge in [-0.3, -0.25) is 0 Å². The molecule has 0 aliphatic carbocycles.